The zero-order valence-electron chi connectivity index (χ0n) is 14.7. The smallest absolute Gasteiger partial charge is 0.287 e. The van der Waals surface area contributed by atoms with Crippen LogP contribution in [0, 0.1) is 15.9 Å². The summed E-state index contributed by atoms with van der Waals surface area (Å²) in [6, 6.07) is 12.5. The number of nitrogens with zero attached hydrogens (tertiary/aromatic N) is 3. The van der Waals surface area contributed by atoms with Crippen LogP contribution in [0.25, 0.3) is 0 Å². The van der Waals surface area contributed by atoms with Crippen LogP contribution >= 0.6 is 31.9 Å². The summed E-state index contributed by atoms with van der Waals surface area (Å²) < 4.78 is 20.2. The number of rotatable bonds is 7. The molecule has 0 aliphatic heterocycles. The Bertz CT molecular complexity index is 1020. The molecule has 29 heavy (non-hydrogen) atoms. The van der Waals surface area contributed by atoms with Gasteiger partial charge in [0.25, 0.3) is 5.69 Å². The number of hydrogen-bond donors (Lipinski definition) is 1. The van der Waals surface area contributed by atoms with Gasteiger partial charge in [0.15, 0.2) is 0 Å². The molecule has 0 bridgehead atoms. The van der Waals surface area contributed by atoms with E-state index >= 15 is 0 Å². The van der Waals surface area contributed by atoms with Crippen LogP contribution in [0.5, 0.6) is 5.75 Å². The van der Waals surface area contributed by atoms with Gasteiger partial charge >= 0.3 is 0 Å². The van der Waals surface area contributed by atoms with Crippen molar-refractivity contribution in [1.29, 1.82) is 0 Å². The Morgan fingerprint density at radius 2 is 1.86 bits per heavy atom. The van der Waals surface area contributed by atoms with Gasteiger partial charge in [-0.15, -0.1) is 0 Å². The van der Waals surface area contributed by atoms with Crippen molar-refractivity contribution in [2.75, 3.05) is 5.43 Å². The van der Waals surface area contributed by atoms with Crippen molar-refractivity contribution in [1.82, 2.24) is 4.98 Å². The van der Waals surface area contributed by atoms with Crippen molar-refractivity contribution in [3.05, 3.63) is 90.7 Å². The number of benzene rings is 2. The maximum atomic E-state index is 13.0. The third-order valence-corrected chi connectivity index (χ3v) is 4.85. The van der Waals surface area contributed by atoms with Gasteiger partial charge in [-0.05, 0) is 73.3 Å². The lowest BCUT2D eigenvalue weighted by molar-refractivity contribution is -0.385. The normalized spacial score (nSPS) is 10.9. The molecular weight excluding hydrogens is 511 g/mol. The highest BCUT2D eigenvalue weighted by Crippen LogP contribution is 2.35. The van der Waals surface area contributed by atoms with Gasteiger partial charge < -0.3 is 4.74 Å². The van der Waals surface area contributed by atoms with Gasteiger partial charge in [-0.3, -0.25) is 15.5 Å². The molecule has 0 saturated carbocycles. The van der Waals surface area contributed by atoms with Crippen molar-refractivity contribution in [2.24, 2.45) is 5.10 Å². The van der Waals surface area contributed by atoms with Crippen molar-refractivity contribution < 1.29 is 14.1 Å². The maximum Gasteiger partial charge on any atom is 0.287 e. The molecule has 1 N–H and O–H groups in total. The molecule has 0 unspecified atom stereocenters. The van der Waals surface area contributed by atoms with Crippen LogP contribution in [0.3, 0.4) is 0 Å². The highest BCUT2D eigenvalue weighted by molar-refractivity contribution is 9.11. The first kappa shape index (κ1) is 20.9. The minimum atomic E-state index is -0.519. The fourth-order valence-electron chi connectivity index (χ4n) is 2.26. The summed E-state index contributed by atoms with van der Waals surface area (Å²) in [5.41, 5.74) is 4.23. The molecule has 0 amide bonds. The molecule has 1 heterocycles. The van der Waals surface area contributed by atoms with Crippen molar-refractivity contribution in [3.8, 4) is 5.75 Å². The fraction of sp³-hybridized carbons (Fsp3) is 0.0526. The molecule has 0 atom stereocenters. The van der Waals surface area contributed by atoms with E-state index in [0.29, 0.717) is 20.5 Å². The van der Waals surface area contributed by atoms with Gasteiger partial charge in [0.2, 0.25) is 0 Å². The predicted octanol–water partition coefficient (Wildman–Crippen LogP) is 5.68. The minimum Gasteiger partial charge on any atom is -0.487 e. The lowest BCUT2D eigenvalue weighted by Gasteiger charge is -2.11. The molecule has 7 nitrogen and oxygen atoms in total. The fourth-order valence-corrected chi connectivity index (χ4v) is 3.71. The number of ether oxygens (including phenoxy) is 1. The van der Waals surface area contributed by atoms with Gasteiger partial charge in [0, 0.05) is 6.07 Å². The van der Waals surface area contributed by atoms with Gasteiger partial charge in [0.05, 0.1) is 20.1 Å². The average molecular weight is 524 g/mol. The quantitative estimate of drug-likeness (QED) is 0.244. The molecule has 1 aromatic heterocycles. The molecule has 3 rings (SSSR count). The van der Waals surface area contributed by atoms with Crippen LogP contribution in [-0.4, -0.2) is 16.1 Å². The van der Waals surface area contributed by atoms with E-state index in [1.165, 1.54) is 24.3 Å². The average Bonchev–Trinajstić information content (AvgIpc) is 2.69. The predicted molar refractivity (Wildman–Crippen MR) is 115 cm³/mol. The first-order chi connectivity index (χ1) is 13.9. The summed E-state index contributed by atoms with van der Waals surface area (Å²) in [7, 11) is 0. The van der Waals surface area contributed by atoms with Crippen molar-refractivity contribution in [2.45, 2.75) is 6.61 Å². The molecular formula is C19H13Br2FN4O3. The van der Waals surface area contributed by atoms with E-state index < -0.39 is 4.92 Å². The number of nitrogens with one attached hydrogen (secondary N) is 1. The third-order valence-electron chi connectivity index (χ3n) is 3.67. The zero-order chi connectivity index (χ0) is 20.8. The molecule has 0 aliphatic rings. The summed E-state index contributed by atoms with van der Waals surface area (Å²) in [5.74, 6) is 0.693. The highest BCUT2D eigenvalue weighted by atomic mass is 79.9. The van der Waals surface area contributed by atoms with E-state index in [9.17, 15) is 14.5 Å². The number of anilines is 1. The number of halogens is 3. The SMILES string of the molecule is O=[N+]([O-])c1ccc(N/N=C/c2cc(Br)c(OCc3ccc(F)cc3)c(Br)c2)nc1. The van der Waals surface area contributed by atoms with Crippen LogP contribution in [0.15, 0.2) is 68.8 Å². The molecule has 0 aliphatic carbocycles. The summed E-state index contributed by atoms with van der Waals surface area (Å²) in [6.45, 7) is 0.290. The highest BCUT2D eigenvalue weighted by Gasteiger charge is 2.09. The summed E-state index contributed by atoms with van der Waals surface area (Å²) in [6.07, 6.45) is 2.72. The molecule has 0 spiro atoms. The van der Waals surface area contributed by atoms with E-state index in [0.717, 1.165) is 17.3 Å². The number of pyridine rings is 1. The summed E-state index contributed by atoms with van der Waals surface area (Å²) in [4.78, 5) is 14.0. The van der Waals surface area contributed by atoms with Crippen molar-refractivity contribution in [3.63, 3.8) is 0 Å². The van der Waals surface area contributed by atoms with E-state index in [4.69, 9.17) is 4.74 Å². The Morgan fingerprint density at radius 3 is 2.45 bits per heavy atom. The van der Waals surface area contributed by atoms with E-state index in [2.05, 4.69) is 47.4 Å². The van der Waals surface area contributed by atoms with Crippen LogP contribution in [-0.2, 0) is 6.61 Å². The lowest BCUT2D eigenvalue weighted by Crippen LogP contribution is -1.98. The molecule has 0 radical (unpaired) electrons. The summed E-state index contributed by atoms with van der Waals surface area (Å²) in [5, 5.41) is 14.7. The third kappa shape index (κ3) is 5.81. The van der Waals surface area contributed by atoms with Gasteiger partial charge in [-0.1, -0.05) is 12.1 Å². The van der Waals surface area contributed by atoms with Crippen molar-refractivity contribution >= 4 is 49.6 Å². The van der Waals surface area contributed by atoms with Crippen LogP contribution in [0.1, 0.15) is 11.1 Å². The topological polar surface area (TPSA) is 89.7 Å². The van der Waals surface area contributed by atoms with Gasteiger partial charge in [-0.25, -0.2) is 9.37 Å². The molecule has 2 aromatic carbocycles. The van der Waals surface area contributed by atoms with E-state index in [1.54, 1.807) is 18.3 Å². The van der Waals surface area contributed by atoms with Gasteiger partial charge in [0.1, 0.15) is 30.2 Å². The van der Waals surface area contributed by atoms with Crippen LogP contribution < -0.4 is 10.2 Å². The minimum absolute atomic E-state index is 0.0939. The second-order valence-electron chi connectivity index (χ2n) is 5.76. The Balaban J connectivity index is 1.64. The first-order valence-electron chi connectivity index (χ1n) is 8.18. The second kappa shape index (κ2) is 9.57. The first-order valence-corrected chi connectivity index (χ1v) is 9.77. The van der Waals surface area contributed by atoms with E-state index in [1.807, 2.05) is 12.1 Å². The Kier molecular flexibility index (Phi) is 6.89. The second-order valence-corrected chi connectivity index (χ2v) is 7.47. The lowest BCUT2D eigenvalue weighted by atomic mass is 10.2. The number of nitro groups is 1. The monoisotopic (exact) mass is 522 g/mol. The molecule has 3 aromatic rings. The van der Waals surface area contributed by atoms with Crippen LogP contribution in [0.2, 0.25) is 0 Å². The molecule has 148 valence electrons. The number of aromatic nitrogens is 1. The maximum absolute atomic E-state index is 13.0. The van der Waals surface area contributed by atoms with Crippen LogP contribution in [0.4, 0.5) is 15.9 Å². The summed E-state index contributed by atoms with van der Waals surface area (Å²) >= 11 is 6.94. The van der Waals surface area contributed by atoms with Gasteiger partial charge in [-0.2, -0.15) is 5.10 Å². The Morgan fingerprint density at radius 1 is 1.17 bits per heavy atom. The molecule has 10 heteroatoms. The Hall–Kier alpha value is -2.85. The number of hydrazone groups is 1. The molecule has 0 saturated heterocycles. The van der Waals surface area contributed by atoms with E-state index in [-0.39, 0.29) is 18.1 Å². The largest absolute Gasteiger partial charge is 0.487 e. The Labute approximate surface area is 182 Å². The molecule has 0 fully saturated rings. The number of hydrogen-bond acceptors (Lipinski definition) is 6. The standard InChI is InChI=1S/C19H13Br2FN4O3/c20-16-7-13(9-24-25-18-6-5-15(10-23-18)26(27)28)8-17(21)19(16)29-11-12-1-3-14(22)4-2-12/h1-10H,11H2,(H,23,25)/b24-9+. The zero-order valence-corrected chi connectivity index (χ0v) is 17.9.